The Morgan fingerprint density at radius 1 is 1.13 bits per heavy atom. The van der Waals surface area contributed by atoms with Crippen LogP contribution in [-0.2, 0) is 7.05 Å². The van der Waals surface area contributed by atoms with E-state index < -0.39 is 5.82 Å². The zero-order valence-corrected chi connectivity index (χ0v) is 13.6. The van der Waals surface area contributed by atoms with Crippen LogP contribution in [0.3, 0.4) is 0 Å². The molecule has 1 aromatic heterocycles. The molecular formula is C18H21FN2O2. The number of nitrogens with one attached hydrogen (secondary N) is 1. The lowest BCUT2D eigenvalue weighted by Crippen LogP contribution is -2.27. The Bertz CT molecular complexity index is 747. The van der Waals surface area contributed by atoms with Crippen LogP contribution >= 0.6 is 0 Å². The van der Waals surface area contributed by atoms with Crippen molar-refractivity contribution in [2.24, 2.45) is 7.05 Å². The molecule has 0 aliphatic carbocycles. The lowest BCUT2D eigenvalue weighted by Gasteiger charge is -2.21. The van der Waals surface area contributed by atoms with Crippen molar-refractivity contribution in [3.8, 4) is 0 Å². The summed E-state index contributed by atoms with van der Waals surface area (Å²) in [5.41, 5.74) is 0.609. The number of ketones is 1. The van der Waals surface area contributed by atoms with Gasteiger partial charge in [-0.1, -0.05) is 13.8 Å². The summed E-state index contributed by atoms with van der Waals surface area (Å²) in [5, 5.41) is 3.29. The normalized spacial score (nSPS) is 10.8. The first kappa shape index (κ1) is 16.9. The highest BCUT2D eigenvalue weighted by Gasteiger charge is 2.18. The van der Waals surface area contributed by atoms with Crippen molar-refractivity contribution < 1.29 is 9.18 Å². The summed E-state index contributed by atoms with van der Waals surface area (Å²) in [7, 11) is 1.63. The molecule has 0 saturated carbocycles. The van der Waals surface area contributed by atoms with Gasteiger partial charge in [-0.3, -0.25) is 14.2 Å². The fourth-order valence-corrected chi connectivity index (χ4v) is 2.44. The maximum atomic E-state index is 13.0. The van der Waals surface area contributed by atoms with E-state index in [-0.39, 0.29) is 17.4 Å². The number of hydrogen-bond donors (Lipinski definition) is 1. The summed E-state index contributed by atoms with van der Waals surface area (Å²) in [6.45, 7) is 4.09. The van der Waals surface area contributed by atoms with Crippen LogP contribution in [0.15, 0.2) is 41.2 Å². The van der Waals surface area contributed by atoms with Crippen LogP contribution in [0.1, 0.15) is 42.6 Å². The minimum atomic E-state index is -0.391. The fraction of sp³-hybridized carbons (Fsp3) is 0.333. The molecule has 2 rings (SSSR count). The molecule has 0 amide bonds. The van der Waals surface area contributed by atoms with Gasteiger partial charge in [-0.05, 0) is 43.2 Å². The summed E-state index contributed by atoms with van der Waals surface area (Å²) >= 11 is 0. The second kappa shape index (κ2) is 7.22. The van der Waals surface area contributed by atoms with Crippen LogP contribution in [0, 0.1) is 5.82 Å². The Labute approximate surface area is 135 Å². The molecule has 0 saturated heterocycles. The van der Waals surface area contributed by atoms with Gasteiger partial charge in [-0.25, -0.2) is 4.39 Å². The number of carbonyl (C=O) groups excluding carboxylic acids is 1. The van der Waals surface area contributed by atoms with Gasteiger partial charge in [0.1, 0.15) is 11.6 Å². The molecule has 4 nitrogen and oxygen atoms in total. The van der Waals surface area contributed by atoms with Gasteiger partial charge in [0.15, 0.2) is 5.78 Å². The van der Waals surface area contributed by atoms with Crippen LogP contribution < -0.4 is 10.9 Å². The number of benzene rings is 1. The summed E-state index contributed by atoms with van der Waals surface area (Å²) in [4.78, 5) is 24.6. The molecule has 0 aliphatic heterocycles. The molecule has 2 aromatic rings. The third-order valence-corrected chi connectivity index (χ3v) is 3.99. The zero-order chi connectivity index (χ0) is 17.0. The number of pyridine rings is 1. The van der Waals surface area contributed by atoms with E-state index >= 15 is 0 Å². The van der Waals surface area contributed by atoms with Crippen molar-refractivity contribution >= 4 is 11.6 Å². The van der Waals surface area contributed by atoms with E-state index in [1.165, 1.54) is 41.0 Å². The van der Waals surface area contributed by atoms with Gasteiger partial charge in [0.2, 0.25) is 0 Å². The number of nitrogens with zero attached hydrogens (tertiary/aromatic N) is 1. The van der Waals surface area contributed by atoms with E-state index in [1.54, 1.807) is 7.05 Å². The maximum absolute atomic E-state index is 13.0. The Hall–Kier alpha value is -2.43. The standard InChI is InChI=1S/C18H21FN2O2/c1-4-14(5-2)20-18-15(10-11-16(22)21(18)3)17(23)12-6-8-13(19)9-7-12/h6-11,14,20H,4-5H2,1-3H3. The first-order chi connectivity index (χ1) is 11.0. The fourth-order valence-electron chi connectivity index (χ4n) is 2.44. The summed E-state index contributed by atoms with van der Waals surface area (Å²) in [5.74, 6) is -0.132. The Morgan fingerprint density at radius 3 is 2.30 bits per heavy atom. The molecule has 1 heterocycles. The molecule has 0 radical (unpaired) electrons. The van der Waals surface area contributed by atoms with E-state index in [1.807, 2.05) is 13.8 Å². The molecule has 1 N–H and O–H groups in total. The van der Waals surface area contributed by atoms with Gasteiger partial charge in [-0.15, -0.1) is 0 Å². The van der Waals surface area contributed by atoms with Gasteiger partial charge in [-0.2, -0.15) is 0 Å². The Balaban J connectivity index is 2.49. The lowest BCUT2D eigenvalue weighted by molar-refractivity contribution is 0.103. The average molecular weight is 316 g/mol. The maximum Gasteiger partial charge on any atom is 0.251 e. The third kappa shape index (κ3) is 3.67. The van der Waals surface area contributed by atoms with E-state index in [0.29, 0.717) is 16.9 Å². The minimum Gasteiger partial charge on any atom is -0.368 e. The second-order valence-corrected chi connectivity index (χ2v) is 5.49. The highest BCUT2D eigenvalue weighted by Crippen LogP contribution is 2.20. The molecule has 0 unspecified atom stereocenters. The third-order valence-electron chi connectivity index (χ3n) is 3.99. The average Bonchev–Trinajstić information content (AvgIpc) is 2.56. The number of hydrogen-bond acceptors (Lipinski definition) is 3. The molecular weight excluding hydrogens is 295 g/mol. The highest BCUT2D eigenvalue weighted by molar-refractivity contribution is 6.11. The smallest absolute Gasteiger partial charge is 0.251 e. The van der Waals surface area contributed by atoms with Gasteiger partial charge in [0.25, 0.3) is 5.56 Å². The van der Waals surface area contributed by atoms with Gasteiger partial charge in [0, 0.05) is 24.7 Å². The highest BCUT2D eigenvalue weighted by atomic mass is 19.1. The molecule has 122 valence electrons. The zero-order valence-electron chi connectivity index (χ0n) is 13.6. The molecule has 0 bridgehead atoms. The van der Waals surface area contributed by atoms with Crippen LogP contribution in [0.25, 0.3) is 0 Å². The summed E-state index contributed by atoms with van der Waals surface area (Å²) in [6.07, 6.45) is 1.76. The Kier molecular flexibility index (Phi) is 5.32. The van der Waals surface area contributed by atoms with E-state index in [9.17, 15) is 14.0 Å². The van der Waals surface area contributed by atoms with Crippen molar-refractivity contribution in [1.82, 2.24) is 4.57 Å². The Morgan fingerprint density at radius 2 is 1.74 bits per heavy atom. The monoisotopic (exact) mass is 316 g/mol. The van der Waals surface area contributed by atoms with Crippen LogP contribution in [0.4, 0.5) is 10.2 Å². The SMILES string of the molecule is CCC(CC)Nc1c(C(=O)c2ccc(F)cc2)ccc(=O)n1C. The molecule has 0 fully saturated rings. The molecule has 0 aliphatic rings. The first-order valence-corrected chi connectivity index (χ1v) is 7.74. The van der Waals surface area contributed by atoms with Crippen molar-refractivity contribution in [1.29, 1.82) is 0 Å². The van der Waals surface area contributed by atoms with E-state index in [0.717, 1.165) is 12.8 Å². The first-order valence-electron chi connectivity index (χ1n) is 7.74. The van der Waals surface area contributed by atoms with Crippen molar-refractivity contribution in [2.45, 2.75) is 32.7 Å². The number of rotatable bonds is 6. The molecule has 0 spiro atoms. The van der Waals surface area contributed by atoms with Crippen LogP contribution in [-0.4, -0.2) is 16.4 Å². The van der Waals surface area contributed by atoms with Crippen LogP contribution in [0.2, 0.25) is 0 Å². The summed E-state index contributed by atoms with van der Waals surface area (Å²) in [6, 6.07) is 8.47. The van der Waals surface area contributed by atoms with E-state index in [4.69, 9.17) is 0 Å². The van der Waals surface area contributed by atoms with Crippen LogP contribution in [0.5, 0.6) is 0 Å². The van der Waals surface area contributed by atoms with Crippen molar-refractivity contribution in [2.75, 3.05) is 5.32 Å². The molecule has 0 atom stereocenters. The number of halogens is 1. The van der Waals surface area contributed by atoms with Gasteiger partial charge >= 0.3 is 0 Å². The van der Waals surface area contributed by atoms with Gasteiger partial charge < -0.3 is 5.32 Å². The topological polar surface area (TPSA) is 51.1 Å². The lowest BCUT2D eigenvalue weighted by atomic mass is 10.0. The quantitative estimate of drug-likeness (QED) is 0.832. The largest absolute Gasteiger partial charge is 0.368 e. The van der Waals surface area contributed by atoms with Crippen molar-refractivity contribution in [3.05, 3.63) is 63.7 Å². The molecule has 23 heavy (non-hydrogen) atoms. The van der Waals surface area contributed by atoms with Gasteiger partial charge in [0.05, 0.1) is 5.56 Å². The molecule has 5 heteroatoms. The predicted molar refractivity (Wildman–Crippen MR) is 89.5 cm³/mol. The predicted octanol–water partition coefficient (Wildman–Crippen LogP) is 3.36. The van der Waals surface area contributed by atoms with Crippen molar-refractivity contribution in [3.63, 3.8) is 0 Å². The number of aromatic nitrogens is 1. The number of carbonyl (C=O) groups is 1. The number of anilines is 1. The second-order valence-electron chi connectivity index (χ2n) is 5.49. The minimum absolute atomic E-state index is 0.169. The summed E-state index contributed by atoms with van der Waals surface area (Å²) < 4.78 is 14.5. The van der Waals surface area contributed by atoms with E-state index in [2.05, 4.69) is 5.32 Å². The molecule has 1 aromatic carbocycles.